The number of benzene rings is 1. The van der Waals surface area contributed by atoms with Crippen molar-refractivity contribution in [2.45, 2.75) is 13.0 Å². The van der Waals surface area contributed by atoms with Crippen molar-refractivity contribution in [3.05, 3.63) is 60.7 Å². The van der Waals surface area contributed by atoms with Crippen molar-refractivity contribution in [2.75, 3.05) is 64.2 Å². The normalized spacial score (nSPS) is 15.1. The molecule has 39 heavy (non-hydrogen) atoms. The summed E-state index contributed by atoms with van der Waals surface area (Å²) < 4.78 is 12.1. The summed E-state index contributed by atoms with van der Waals surface area (Å²) in [6, 6.07) is 11.4. The van der Waals surface area contributed by atoms with Gasteiger partial charge in [-0.25, -0.2) is 15.0 Å². The molecule has 0 aliphatic carbocycles. The van der Waals surface area contributed by atoms with Crippen LogP contribution in [0.5, 0.6) is 11.5 Å². The van der Waals surface area contributed by atoms with Gasteiger partial charge < -0.3 is 34.5 Å². The van der Waals surface area contributed by atoms with E-state index in [9.17, 15) is 4.79 Å². The lowest BCUT2D eigenvalue weighted by Crippen LogP contribution is -2.34. The highest BCUT2D eigenvalue weighted by molar-refractivity contribution is 5.92. The number of hydrogen-bond donors (Lipinski definition) is 2. The van der Waals surface area contributed by atoms with Crippen LogP contribution in [-0.4, -0.2) is 89.6 Å². The molecule has 11 heteroatoms. The molecule has 2 bridgehead atoms. The fraction of sp³-hybridized carbons (Fsp3) is 0.357. The van der Waals surface area contributed by atoms with Gasteiger partial charge in [-0.2, -0.15) is 0 Å². The number of rotatable bonds is 5. The molecule has 4 heterocycles. The number of pyridine rings is 1. The first-order valence-electron chi connectivity index (χ1n) is 13.0. The molecule has 0 spiro atoms. The maximum absolute atomic E-state index is 12.8. The molecule has 1 aromatic carbocycles. The van der Waals surface area contributed by atoms with E-state index in [0.29, 0.717) is 37.0 Å². The van der Waals surface area contributed by atoms with Crippen LogP contribution in [-0.2, 0) is 11.3 Å². The monoisotopic (exact) mass is 530 g/mol. The molecule has 0 atom stereocenters. The summed E-state index contributed by atoms with van der Waals surface area (Å²) in [6.07, 6.45) is 6.12. The van der Waals surface area contributed by atoms with Crippen LogP contribution >= 0.6 is 0 Å². The van der Waals surface area contributed by atoms with E-state index in [4.69, 9.17) is 9.47 Å². The van der Waals surface area contributed by atoms with Gasteiger partial charge in [-0.3, -0.25) is 4.79 Å². The number of nitrogens with one attached hydrogen (secondary N) is 2. The Kier molecular flexibility index (Phi) is 8.07. The molecule has 1 amide bonds. The number of carbonyl (C=O) groups is 1. The Morgan fingerprint density at radius 1 is 1.13 bits per heavy atom. The van der Waals surface area contributed by atoms with E-state index in [1.54, 1.807) is 18.1 Å². The van der Waals surface area contributed by atoms with Crippen molar-refractivity contribution in [2.24, 2.45) is 0 Å². The summed E-state index contributed by atoms with van der Waals surface area (Å²) in [6.45, 7) is 3.16. The van der Waals surface area contributed by atoms with Crippen LogP contribution in [0.2, 0.25) is 0 Å². The van der Waals surface area contributed by atoms with Crippen molar-refractivity contribution >= 4 is 34.3 Å². The van der Waals surface area contributed by atoms with E-state index < -0.39 is 0 Å². The van der Waals surface area contributed by atoms with Gasteiger partial charge in [-0.15, -0.1) is 0 Å². The highest BCUT2D eigenvalue weighted by atomic mass is 16.5. The van der Waals surface area contributed by atoms with E-state index in [0.717, 1.165) is 47.6 Å². The molecule has 2 N–H and O–H groups in total. The summed E-state index contributed by atoms with van der Waals surface area (Å²) in [5, 5.41) is 4.36. The van der Waals surface area contributed by atoms with Gasteiger partial charge in [0.1, 0.15) is 30.2 Å². The molecular weight excluding hydrogens is 496 g/mol. The maximum atomic E-state index is 12.8. The molecule has 11 nitrogen and oxygen atoms in total. The second kappa shape index (κ2) is 12.0. The van der Waals surface area contributed by atoms with E-state index >= 15 is 0 Å². The third kappa shape index (κ3) is 6.37. The number of hydrogen-bond acceptors (Lipinski definition) is 9. The number of nitrogens with zero attached hydrogens (tertiary/aromatic N) is 6. The molecule has 0 saturated heterocycles. The Bertz CT molecular complexity index is 1410. The lowest BCUT2D eigenvalue weighted by Gasteiger charge is -2.22. The molecule has 0 saturated carbocycles. The Morgan fingerprint density at radius 3 is 2.87 bits per heavy atom. The number of amides is 1. The first-order chi connectivity index (χ1) is 19.0. The van der Waals surface area contributed by atoms with E-state index in [1.807, 2.05) is 54.5 Å². The van der Waals surface area contributed by atoms with Crippen molar-refractivity contribution < 1.29 is 14.3 Å². The largest absolute Gasteiger partial charge is 0.488 e. The molecule has 4 aromatic rings. The average molecular weight is 531 g/mol. The minimum atomic E-state index is -0.0885. The maximum Gasteiger partial charge on any atom is 0.260 e. The minimum absolute atomic E-state index is 0.0836. The van der Waals surface area contributed by atoms with Crippen LogP contribution in [0, 0.1) is 0 Å². The number of likely N-dealkylation sites (N-methyl/N-ethyl adjacent to an activating group) is 2. The first-order valence-corrected chi connectivity index (χ1v) is 13.0. The molecule has 0 radical (unpaired) electrons. The summed E-state index contributed by atoms with van der Waals surface area (Å²) in [5.41, 5.74) is 2.63. The van der Waals surface area contributed by atoms with Crippen LogP contribution in [0.1, 0.15) is 12.0 Å². The van der Waals surface area contributed by atoms with Crippen molar-refractivity contribution in [3.63, 3.8) is 0 Å². The molecule has 204 valence electrons. The topological polar surface area (TPSA) is 112 Å². The highest BCUT2D eigenvalue weighted by Gasteiger charge is 2.17. The van der Waals surface area contributed by atoms with Crippen LogP contribution in [0.15, 0.2) is 55.1 Å². The number of H-pyrrole nitrogens is 1. The quantitative estimate of drug-likeness (QED) is 0.401. The third-order valence-corrected chi connectivity index (χ3v) is 6.73. The Hall–Kier alpha value is -4.38. The Balaban J connectivity index is 1.40. The standard InChI is InChI=1S/C28H34N8O3/c1-34-11-6-12-36(3)25(37)18-39-23-15-21(33-28-26-20(17-34)16-30-27(26)31-19-32-28)8-9-22(23)38-14-13-35(2)24-7-4-5-10-29-24/h4-5,7-10,15-16,19H,6,11-14,17-18H2,1-3H3,(H2,30,31,32,33). The van der Waals surface area contributed by atoms with Crippen LogP contribution in [0.3, 0.4) is 0 Å². The smallest absolute Gasteiger partial charge is 0.260 e. The van der Waals surface area contributed by atoms with Gasteiger partial charge >= 0.3 is 0 Å². The molecule has 1 aliphatic heterocycles. The van der Waals surface area contributed by atoms with Gasteiger partial charge in [-0.05, 0) is 49.8 Å². The van der Waals surface area contributed by atoms with Crippen molar-refractivity contribution in [1.82, 2.24) is 29.7 Å². The van der Waals surface area contributed by atoms with Gasteiger partial charge in [0, 0.05) is 51.3 Å². The predicted molar refractivity (Wildman–Crippen MR) is 151 cm³/mol. The SMILES string of the molecule is CN1CCCN(C)C(=O)COc2cc(ccc2OCCN(C)c2ccccn2)Nc2ncnc3[nH]cc(c23)C1. The summed E-state index contributed by atoms with van der Waals surface area (Å²) in [5.74, 6) is 2.51. The zero-order valence-corrected chi connectivity index (χ0v) is 22.6. The van der Waals surface area contributed by atoms with Gasteiger partial charge in [0.15, 0.2) is 18.1 Å². The Morgan fingerprint density at radius 2 is 2.03 bits per heavy atom. The molecule has 0 fully saturated rings. The first kappa shape index (κ1) is 26.2. The van der Waals surface area contributed by atoms with E-state index in [1.165, 1.54) is 6.33 Å². The number of fused-ring (bicyclic) bond motifs is 2. The number of carbonyl (C=O) groups excluding carboxylic acids is 1. The molecular formula is C28H34N8O3. The lowest BCUT2D eigenvalue weighted by molar-refractivity contribution is -0.132. The van der Waals surface area contributed by atoms with Crippen molar-refractivity contribution in [1.29, 1.82) is 0 Å². The number of ether oxygens (including phenoxy) is 2. The summed E-state index contributed by atoms with van der Waals surface area (Å²) >= 11 is 0. The van der Waals surface area contributed by atoms with Crippen LogP contribution in [0.25, 0.3) is 11.0 Å². The van der Waals surface area contributed by atoms with Gasteiger partial charge in [0.2, 0.25) is 0 Å². The van der Waals surface area contributed by atoms with Crippen LogP contribution < -0.4 is 19.7 Å². The summed E-state index contributed by atoms with van der Waals surface area (Å²) in [4.78, 5) is 35.3. The zero-order chi connectivity index (χ0) is 27.2. The number of anilines is 3. The number of aromatic nitrogens is 4. The average Bonchev–Trinajstić information content (AvgIpc) is 3.36. The fourth-order valence-electron chi connectivity index (χ4n) is 4.51. The predicted octanol–water partition coefficient (Wildman–Crippen LogP) is 3.28. The van der Waals surface area contributed by atoms with Crippen molar-refractivity contribution in [3.8, 4) is 11.5 Å². The second-order valence-electron chi connectivity index (χ2n) is 9.70. The lowest BCUT2D eigenvalue weighted by atomic mass is 10.2. The molecule has 1 aliphatic rings. The summed E-state index contributed by atoms with van der Waals surface area (Å²) in [7, 11) is 5.85. The van der Waals surface area contributed by atoms with Gasteiger partial charge in [-0.1, -0.05) is 6.07 Å². The van der Waals surface area contributed by atoms with E-state index in [2.05, 4.69) is 37.2 Å². The van der Waals surface area contributed by atoms with E-state index in [-0.39, 0.29) is 12.5 Å². The zero-order valence-electron chi connectivity index (χ0n) is 22.6. The molecule has 3 aromatic heterocycles. The molecule has 0 unspecified atom stereocenters. The second-order valence-corrected chi connectivity index (χ2v) is 9.70. The highest BCUT2D eigenvalue weighted by Crippen LogP contribution is 2.33. The molecule has 5 rings (SSSR count). The number of aromatic amines is 1. The van der Waals surface area contributed by atoms with Crippen LogP contribution in [0.4, 0.5) is 17.3 Å². The fourth-order valence-corrected chi connectivity index (χ4v) is 4.51. The van der Waals surface area contributed by atoms with Gasteiger partial charge in [0.05, 0.1) is 11.9 Å². The van der Waals surface area contributed by atoms with Gasteiger partial charge in [0.25, 0.3) is 5.91 Å². The minimum Gasteiger partial charge on any atom is -0.488 e. The third-order valence-electron chi connectivity index (χ3n) is 6.73. The Labute approximate surface area is 227 Å².